The number of nitrogens with zero attached hydrogens (tertiary/aromatic N) is 3. The molecule has 1 saturated heterocycles. The zero-order chi connectivity index (χ0) is 19.7. The van der Waals surface area contributed by atoms with Gasteiger partial charge in [0.1, 0.15) is 16.5 Å². The van der Waals surface area contributed by atoms with Crippen LogP contribution < -0.4 is 10.2 Å². The Kier molecular flexibility index (Phi) is 5.51. The maximum Gasteiger partial charge on any atom is 0.261 e. The van der Waals surface area contributed by atoms with Crippen LogP contribution >= 0.6 is 22.9 Å². The summed E-state index contributed by atoms with van der Waals surface area (Å²) in [5, 5.41) is 4.73. The molecule has 7 heteroatoms. The molecule has 0 aliphatic carbocycles. The molecule has 0 radical (unpaired) electrons. The van der Waals surface area contributed by atoms with Gasteiger partial charge in [0, 0.05) is 24.7 Å². The standard InChI is InChI=1S/C21H23ClN4OS/c1-13-17-19(26-10-4-3-5-11-26)24-14(2)25-21(17)28-18(13)20(27)23-12-15-6-8-16(22)9-7-15/h6-9H,3-5,10-12H2,1-2H3,(H,23,27). The molecule has 4 rings (SSSR count). The van der Waals surface area contributed by atoms with Gasteiger partial charge in [-0.3, -0.25) is 4.79 Å². The summed E-state index contributed by atoms with van der Waals surface area (Å²) in [7, 11) is 0. The molecule has 28 heavy (non-hydrogen) atoms. The van der Waals surface area contributed by atoms with Crippen LogP contribution in [0.2, 0.25) is 5.02 Å². The lowest BCUT2D eigenvalue weighted by atomic mass is 10.1. The summed E-state index contributed by atoms with van der Waals surface area (Å²) in [5.74, 6) is 1.66. The van der Waals surface area contributed by atoms with Crippen LogP contribution in [0, 0.1) is 13.8 Å². The number of carbonyl (C=O) groups is 1. The van der Waals surface area contributed by atoms with Crippen LogP contribution in [0.4, 0.5) is 5.82 Å². The van der Waals surface area contributed by atoms with E-state index in [2.05, 4.69) is 15.2 Å². The van der Waals surface area contributed by atoms with Crippen molar-refractivity contribution in [3.8, 4) is 0 Å². The number of anilines is 1. The van der Waals surface area contributed by atoms with Gasteiger partial charge in [0.05, 0.1) is 10.3 Å². The fourth-order valence-corrected chi connectivity index (χ4v) is 4.90. The molecule has 0 saturated carbocycles. The molecular weight excluding hydrogens is 392 g/mol. The largest absolute Gasteiger partial charge is 0.356 e. The van der Waals surface area contributed by atoms with Crippen LogP contribution in [-0.4, -0.2) is 29.0 Å². The average molecular weight is 415 g/mol. The topological polar surface area (TPSA) is 58.1 Å². The smallest absolute Gasteiger partial charge is 0.261 e. The molecule has 0 spiro atoms. The number of aryl methyl sites for hydroxylation is 2. The van der Waals surface area contributed by atoms with Crippen molar-refractivity contribution in [1.82, 2.24) is 15.3 Å². The minimum atomic E-state index is -0.0716. The zero-order valence-electron chi connectivity index (χ0n) is 16.1. The Morgan fingerprint density at radius 1 is 1.14 bits per heavy atom. The van der Waals surface area contributed by atoms with Gasteiger partial charge in [-0.25, -0.2) is 9.97 Å². The number of hydrogen-bond donors (Lipinski definition) is 1. The number of fused-ring (bicyclic) bond motifs is 1. The van der Waals surface area contributed by atoms with Gasteiger partial charge in [0.25, 0.3) is 5.91 Å². The normalized spacial score (nSPS) is 14.5. The predicted octanol–water partition coefficient (Wildman–Crippen LogP) is 4.88. The highest BCUT2D eigenvalue weighted by atomic mass is 35.5. The minimum Gasteiger partial charge on any atom is -0.356 e. The summed E-state index contributed by atoms with van der Waals surface area (Å²) in [5.41, 5.74) is 1.98. The van der Waals surface area contributed by atoms with E-state index in [9.17, 15) is 4.79 Å². The van der Waals surface area contributed by atoms with E-state index in [0.29, 0.717) is 16.4 Å². The van der Waals surface area contributed by atoms with Crippen molar-refractivity contribution in [2.45, 2.75) is 39.7 Å². The first kappa shape index (κ1) is 19.2. The molecule has 3 heterocycles. The highest BCUT2D eigenvalue weighted by Crippen LogP contribution is 2.36. The molecule has 2 aromatic heterocycles. The van der Waals surface area contributed by atoms with Crippen LogP contribution in [0.1, 0.15) is 45.9 Å². The van der Waals surface area contributed by atoms with Crippen LogP contribution in [0.3, 0.4) is 0 Å². The lowest BCUT2D eigenvalue weighted by Crippen LogP contribution is -2.30. The molecular formula is C21H23ClN4OS. The number of piperidine rings is 1. The average Bonchev–Trinajstić information content (AvgIpc) is 3.03. The monoisotopic (exact) mass is 414 g/mol. The first-order valence-electron chi connectivity index (χ1n) is 9.58. The van der Waals surface area contributed by atoms with Crippen LogP contribution in [0.15, 0.2) is 24.3 Å². The maximum absolute atomic E-state index is 12.9. The van der Waals surface area contributed by atoms with E-state index in [0.717, 1.165) is 46.1 Å². The number of benzene rings is 1. The summed E-state index contributed by atoms with van der Waals surface area (Å²) in [6.07, 6.45) is 3.63. The van der Waals surface area contributed by atoms with E-state index in [-0.39, 0.29) is 5.91 Å². The Morgan fingerprint density at radius 2 is 1.86 bits per heavy atom. The number of carbonyl (C=O) groups excluding carboxylic acids is 1. The van der Waals surface area contributed by atoms with Crippen molar-refractivity contribution in [3.05, 3.63) is 51.1 Å². The van der Waals surface area contributed by atoms with Crippen LogP contribution in [0.25, 0.3) is 10.2 Å². The lowest BCUT2D eigenvalue weighted by Gasteiger charge is -2.28. The van der Waals surface area contributed by atoms with E-state index in [1.165, 1.54) is 30.6 Å². The summed E-state index contributed by atoms with van der Waals surface area (Å²) in [6.45, 7) is 6.41. The van der Waals surface area contributed by atoms with Gasteiger partial charge in [0.15, 0.2) is 0 Å². The van der Waals surface area contributed by atoms with Gasteiger partial charge in [0.2, 0.25) is 0 Å². The molecule has 1 N–H and O–H groups in total. The van der Waals surface area contributed by atoms with Crippen molar-refractivity contribution in [2.75, 3.05) is 18.0 Å². The summed E-state index contributed by atoms with van der Waals surface area (Å²) in [6, 6.07) is 7.50. The highest BCUT2D eigenvalue weighted by molar-refractivity contribution is 7.20. The molecule has 1 aliphatic rings. The van der Waals surface area contributed by atoms with Crippen molar-refractivity contribution < 1.29 is 4.79 Å². The first-order valence-corrected chi connectivity index (χ1v) is 10.8. The number of thiophene rings is 1. The second kappa shape index (κ2) is 8.05. The second-order valence-electron chi connectivity index (χ2n) is 7.19. The fraction of sp³-hybridized carbons (Fsp3) is 0.381. The molecule has 0 atom stereocenters. The van der Waals surface area contributed by atoms with Gasteiger partial charge in [-0.15, -0.1) is 11.3 Å². The number of nitrogens with one attached hydrogen (secondary N) is 1. The molecule has 0 unspecified atom stereocenters. The van der Waals surface area contributed by atoms with Crippen molar-refractivity contribution >= 4 is 44.9 Å². The fourth-order valence-electron chi connectivity index (χ4n) is 3.64. The lowest BCUT2D eigenvalue weighted by molar-refractivity contribution is 0.0954. The minimum absolute atomic E-state index is 0.0716. The van der Waals surface area contributed by atoms with Gasteiger partial charge in [-0.1, -0.05) is 23.7 Å². The number of amides is 1. The summed E-state index contributed by atoms with van der Waals surface area (Å²) in [4.78, 5) is 26.2. The molecule has 1 aromatic carbocycles. The number of aromatic nitrogens is 2. The highest BCUT2D eigenvalue weighted by Gasteiger charge is 2.23. The third-order valence-corrected chi connectivity index (χ3v) is 6.55. The third kappa shape index (κ3) is 3.84. The Hall–Kier alpha value is -2.18. The van der Waals surface area contributed by atoms with Gasteiger partial charge < -0.3 is 10.2 Å². The Labute approximate surface area is 173 Å². The van der Waals surface area contributed by atoms with Gasteiger partial charge in [-0.05, 0) is 56.4 Å². The Bertz CT molecular complexity index is 1010. The third-order valence-electron chi connectivity index (χ3n) is 5.11. The Morgan fingerprint density at radius 3 is 2.57 bits per heavy atom. The van der Waals surface area contributed by atoms with E-state index in [4.69, 9.17) is 16.6 Å². The maximum atomic E-state index is 12.9. The summed E-state index contributed by atoms with van der Waals surface area (Å²) >= 11 is 7.38. The molecule has 1 fully saturated rings. The van der Waals surface area contributed by atoms with E-state index in [1.54, 1.807) is 0 Å². The molecule has 1 amide bonds. The molecule has 146 valence electrons. The van der Waals surface area contributed by atoms with Crippen LogP contribution in [-0.2, 0) is 6.54 Å². The van der Waals surface area contributed by atoms with Crippen molar-refractivity contribution in [3.63, 3.8) is 0 Å². The van der Waals surface area contributed by atoms with Crippen molar-refractivity contribution in [1.29, 1.82) is 0 Å². The van der Waals surface area contributed by atoms with E-state index in [1.807, 2.05) is 38.1 Å². The quantitative estimate of drug-likeness (QED) is 0.660. The molecule has 3 aromatic rings. The van der Waals surface area contributed by atoms with Gasteiger partial charge in [-0.2, -0.15) is 0 Å². The summed E-state index contributed by atoms with van der Waals surface area (Å²) < 4.78 is 0. The molecule has 1 aliphatic heterocycles. The SMILES string of the molecule is Cc1nc(N2CCCCC2)c2c(C)c(C(=O)NCc3ccc(Cl)cc3)sc2n1. The zero-order valence-corrected chi connectivity index (χ0v) is 17.7. The molecule has 5 nitrogen and oxygen atoms in total. The number of hydrogen-bond acceptors (Lipinski definition) is 5. The molecule has 0 bridgehead atoms. The van der Waals surface area contributed by atoms with Crippen LogP contribution in [0.5, 0.6) is 0 Å². The van der Waals surface area contributed by atoms with Gasteiger partial charge >= 0.3 is 0 Å². The number of halogens is 1. The van der Waals surface area contributed by atoms with Crippen molar-refractivity contribution in [2.24, 2.45) is 0 Å². The van der Waals surface area contributed by atoms with E-state index >= 15 is 0 Å². The predicted molar refractivity (Wildman–Crippen MR) is 116 cm³/mol. The Balaban J connectivity index is 1.63. The van der Waals surface area contributed by atoms with E-state index < -0.39 is 0 Å². The number of rotatable bonds is 4. The first-order chi connectivity index (χ1) is 13.5. The second-order valence-corrected chi connectivity index (χ2v) is 8.62.